The zero-order valence-corrected chi connectivity index (χ0v) is 11.6. The highest BCUT2D eigenvalue weighted by Gasteiger charge is 2.44. The minimum Gasteiger partial charge on any atom is -0.481 e. The molecule has 1 fully saturated rings. The minimum absolute atomic E-state index is 0.164. The van der Waals surface area contributed by atoms with Crippen molar-refractivity contribution in [3.05, 3.63) is 36.3 Å². The second kappa shape index (κ2) is 5.20. The lowest BCUT2D eigenvalue weighted by molar-refractivity contribution is -0.154. The zero-order chi connectivity index (χ0) is 14.9. The van der Waals surface area contributed by atoms with Crippen LogP contribution in [0.15, 0.2) is 30.6 Å². The molecule has 2 aromatic rings. The molecule has 0 spiro atoms. The summed E-state index contributed by atoms with van der Waals surface area (Å²) >= 11 is 0. The highest BCUT2D eigenvalue weighted by atomic mass is 16.4. The lowest BCUT2D eigenvalue weighted by Crippen LogP contribution is -2.47. The van der Waals surface area contributed by atoms with Gasteiger partial charge in [0.2, 0.25) is 5.91 Å². The van der Waals surface area contributed by atoms with Gasteiger partial charge in [-0.3, -0.25) is 9.59 Å². The third kappa shape index (κ3) is 2.61. The van der Waals surface area contributed by atoms with E-state index in [2.05, 4.69) is 10.3 Å². The van der Waals surface area contributed by atoms with E-state index in [4.69, 9.17) is 0 Å². The Morgan fingerprint density at radius 3 is 2.81 bits per heavy atom. The lowest BCUT2D eigenvalue weighted by atomic mass is 9.69. The lowest BCUT2D eigenvalue weighted by Gasteiger charge is -2.37. The van der Waals surface area contributed by atoms with Gasteiger partial charge in [-0.1, -0.05) is 12.5 Å². The maximum absolute atomic E-state index is 11.9. The van der Waals surface area contributed by atoms with Gasteiger partial charge in [-0.2, -0.15) is 0 Å². The first-order valence-corrected chi connectivity index (χ1v) is 7.02. The van der Waals surface area contributed by atoms with Gasteiger partial charge in [0.25, 0.3) is 0 Å². The highest BCUT2D eigenvalue weighted by molar-refractivity contribution is 5.80. The van der Waals surface area contributed by atoms with E-state index in [1.807, 2.05) is 35.0 Å². The number of fused-ring (bicyclic) bond motifs is 1. The molecule has 1 aliphatic carbocycles. The molecule has 0 radical (unpaired) electrons. The minimum atomic E-state index is -0.818. The van der Waals surface area contributed by atoms with E-state index in [0.717, 1.165) is 12.1 Å². The van der Waals surface area contributed by atoms with Crippen LogP contribution in [0, 0.1) is 5.41 Å². The molecule has 0 atom stereocenters. The number of pyridine rings is 1. The monoisotopic (exact) mass is 287 g/mol. The number of aliphatic carboxylic acids is 1. The number of carbonyl (C=O) groups is 2. The molecule has 1 amide bonds. The average molecular weight is 287 g/mol. The molecule has 3 rings (SSSR count). The van der Waals surface area contributed by atoms with Crippen molar-refractivity contribution in [3.8, 4) is 0 Å². The Labute approximate surface area is 121 Å². The molecular formula is C15H17N3O3. The van der Waals surface area contributed by atoms with Gasteiger partial charge in [-0.05, 0) is 25.0 Å². The van der Waals surface area contributed by atoms with Crippen LogP contribution in [0.25, 0.3) is 5.65 Å². The molecule has 6 heteroatoms. The molecule has 1 aliphatic rings. The van der Waals surface area contributed by atoms with Crippen molar-refractivity contribution in [3.63, 3.8) is 0 Å². The Kier molecular flexibility index (Phi) is 3.37. The highest BCUT2D eigenvalue weighted by Crippen LogP contribution is 2.40. The molecule has 0 unspecified atom stereocenters. The summed E-state index contributed by atoms with van der Waals surface area (Å²) in [5.74, 6) is -1.01. The number of hydrogen-bond acceptors (Lipinski definition) is 3. The number of imidazole rings is 1. The van der Waals surface area contributed by atoms with Crippen molar-refractivity contribution in [2.75, 3.05) is 6.54 Å². The van der Waals surface area contributed by atoms with E-state index in [-0.39, 0.29) is 18.9 Å². The number of nitrogens with zero attached hydrogens (tertiary/aromatic N) is 2. The molecule has 0 aliphatic heterocycles. The van der Waals surface area contributed by atoms with Crippen molar-refractivity contribution >= 4 is 17.5 Å². The van der Waals surface area contributed by atoms with Gasteiger partial charge in [0, 0.05) is 18.9 Å². The first-order chi connectivity index (χ1) is 10.1. The molecule has 0 aromatic carbocycles. The Morgan fingerprint density at radius 1 is 1.38 bits per heavy atom. The van der Waals surface area contributed by atoms with Crippen LogP contribution in [0.4, 0.5) is 0 Å². The third-order valence-electron chi connectivity index (χ3n) is 4.14. The summed E-state index contributed by atoms with van der Waals surface area (Å²) in [5.41, 5.74) is 0.715. The third-order valence-corrected chi connectivity index (χ3v) is 4.14. The maximum atomic E-state index is 11.9. The summed E-state index contributed by atoms with van der Waals surface area (Å²) in [6.07, 6.45) is 6.03. The SMILES string of the molecule is O=C(Cc1cn2ccccc2n1)NCC1(C(=O)O)CCC1. The average Bonchev–Trinajstić information content (AvgIpc) is 2.78. The summed E-state index contributed by atoms with van der Waals surface area (Å²) < 4.78 is 1.85. The van der Waals surface area contributed by atoms with Crippen LogP contribution in [-0.2, 0) is 16.0 Å². The number of carboxylic acid groups (broad SMARTS) is 1. The van der Waals surface area contributed by atoms with E-state index in [9.17, 15) is 14.7 Å². The molecule has 1 saturated carbocycles. The van der Waals surface area contributed by atoms with Crippen molar-refractivity contribution < 1.29 is 14.7 Å². The first-order valence-electron chi connectivity index (χ1n) is 7.02. The van der Waals surface area contributed by atoms with E-state index in [0.29, 0.717) is 18.5 Å². The van der Waals surface area contributed by atoms with Crippen LogP contribution in [-0.4, -0.2) is 32.9 Å². The normalized spacial score (nSPS) is 16.4. The van der Waals surface area contributed by atoms with Crippen LogP contribution in [0.2, 0.25) is 0 Å². The van der Waals surface area contributed by atoms with Crippen LogP contribution < -0.4 is 5.32 Å². The Balaban J connectivity index is 1.60. The fraction of sp³-hybridized carbons (Fsp3) is 0.400. The quantitative estimate of drug-likeness (QED) is 0.867. The zero-order valence-electron chi connectivity index (χ0n) is 11.6. The van der Waals surface area contributed by atoms with Gasteiger partial charge < -0.3 is 14.8 Å². The van der Waals surface area contributed by atoms with Crippen LogP contribution in [0.5, 0.6) is 0 Å². The van der Waals surface area contributed by atoms with Crippen molar-refractivity contribution in [1.29, 1.82) is 0 Å². The van der Waals surface area contributed by atoms with Gasteiger partial charge in [-0.25, -0.2) is 4.98 Å². The molecule has 2 N–H and O–H groups in total. The Hall–Kier alpha value is -2.37. The first kappa shape index (κ1) is 13.6. The molecule has 0 bridgehead atoms. The van der Waals surface area contributed by atoms with Crippen LogP contribution >= 0.6 is 0 Å². The number of amides is 1. The van der Waals surface area contributed by atoms with Crippen LogP contribution in [0.1, 0.15) is 25.0 Å². The maximum Gasteiger partial charge on any atom is 0.311 e. The second-order valence-electron chi connectivity index (χ2n) is 5.59. The Morgan fingerprint density at radius 2 is 2.19 bits per heavy atom. The summed E-state index contributed by atoms with van der Waals surface area (Å²) in [6.45, 7) is 0.203. The summed E-state index contributed by atoms with van der Waals surface area (Å²) in [4.78, 5) is 27.5. The van der Waals surface area contributed by atoms with Gasteiger partial charge >= 0.3 is 5.97 Å². The number of nitrogens with one attached hydrogen (secondary N) is 1. The van der Waals surface area contributed by atoms with Crippen molar-refractivity contribution in [2.24, 2.45) is 5.41 Å². The summed E-state index contributed by atoms with van der Waals surface area (Å²) in [7, 11) is 0. The largest absolute Gasteiger partial charge is 0.481 e. The number of hydrogen-bond donors (Lipinski definition) is 2. The number of carbonyl (C=O) groups excluding carboxylic acids is 1. The molecule has 6 nitrogen and oxygen atoms in total. The fourth-order valence-electron chi connectivity index (χ4n) is 2.64. The van der Waals surface area contributed by atoms with Crippen molar-refractivity contribution in [1.82, 2.24) is 14.7 Å². The molecule has 110 valence electrons. The van der Waals surface area contributed by atoms with Gasteiger partial charge in [0.1, 0.15) is 5.65 Å². The summed E-state index contributed by atoms with van der Waals surface area (Å²) in [6, 6.07) is 5.65. The predicted octanol–water partition coefficient (Wildman–Crippen LogP) is 1.25. The molecule has 21 heavy (non-hydrogen) atoms. The summed E-state index contributed by atoms with van der Waals surface area (Å²) in [5, 5.41) is 11.9. The molecule has 2 heterocycles. The van der Waals surface area contributed by atoms with E-state index in [1.54, 1.807) is 0 Å². The van der Waals surface area contributed by atoms with Gasteiger partial charge in [0.15, 0.2) is 0 Å². The molecular weight excluding hydrogens is 270 g/mol. The predicted molar refractivity (Wildman–Crippen MR) is 75.8 cm³/mol. The number of rotatable bonds is 5. The standard InChI is InChI=1S/C15H17N3O3/c19-13(16-10-15(14(20)21)5-3-6-15)8-11-9-18-7-2-1-4-12(18)17-11/h1-2,4,7,9H,3,5-6,8,10H2,(H,16,19)(H,20,21). The van der Waals surface area contributed by atoms with E-state index < -0.39 is 11.4 Å². The van der Waals surface area contributed by atoms with Crippen LogP contribution in [0.3, 0.4) is 0 Å². The number of carboxylic acids is 1. The van der Waals surface area contributed by atoms with E-state index >= 15 is 0 Å². The second-order valence-corrected chi connectivity index (χ2v) is 5.59. The fourth-order valence-corrected chi connectivity index (χ4v) is 2.64. The van der Waals surface area contributed by atoms with Gasteiger partial charge in [0.05, 0.1) is 17.5 Å². The number of aromatic nitrogens is 2. The molecule has 2 aromatic heterocycles. The molecule has 0 saturated heterocycles. The smallest absolute Gasteiger partial charge is 0.311 e. The topological polar surface area (TPSA) is 83.7 Å². The van der Waals surface area contributed by atoms with E-state index in [1.165, 1.54) is 0 Å². The van der Waals surface area contributed by atoms with Crippen molar-refractivity contribution in [2.45, 2.75) is 25.7 Å². The van der Waals surface area contributed by atoms with Gasteiger partial charge in [-0.15, -0.1) is 0 Å². The Bertz CT molecular complexity index is 655.